The first-order valence-corrected chi connectivity index (χ1v) is 11.7. The molecular formula is C28H21BrN2O5. The molecule has 0 fully saturated rings. The second-order valence-corrected chi connectivity index (χ2v) is 8.28. The number of carbonyl (C=O) groups excluding carboxylic acids is 2. The molecule has 0 spiro atoms. The highest BCUT2D eigenvalue weighted by molar-refractivity contribution is 9.10. The smallest absolute Gasteiger partial charge is 0.343 e. The third-order valence-corrected chi connectivity index (χ3v) is 5.24. The number of esters is 1. The molecule has 8 heteroatoms. The summed E-state index contributed by atoms with van der Waals surface area (Å²) in [4.78, 5) is 25.4. The molecule has 0 atom stereocenters. The molecule has 4 rings (SSSR count). The van der Waals surface area contributed by atoms with Crippen molar-refractivity contribution in [1.29, 1.82) is 0 Å². The van der Waals surface area contributed by atoms with Gasteiger partial charge in [0.2, 0.25) is 0 Å². The van der Waals surface area contributed by atoms with Gasteiger partial charge in [-0.3, -0.25) is 4.79 Å². The molecular weight excluding hydrogens is 524 g/mol. The van der Waals surface area contributed by atoms with Crippen molar-refractivity contribution in [2.45, 2.75) is 6.29 Å². The lowest BCUT2D eigenvalue weighted by molar-refractivity contribution is -0.140. The predicted molar refractivity (Wildman–Crippen MR) is 139 cm³/mol. The summed E-state index contributed by atoms with van der Waals surface area (Å²) in [7, 11) is 0. The van der Waals surface area contributed by atoms with Crippen LogP contribution in [-0.4, -0.2) is 24.4 Å². The van der Waals surface area contributed by atoms with Crippen LogP contribution in [0.15, 0.2) is 119 Å². The molecule has 180 valence electrons. The fraction of sp³-hybridized carbons (Fsp3) is 0.0357. The molecule has 0 aliphatic carbocycles. The second-order valence-electron chi connectivity index (χ2n) is 7.37. The molecule has 0 aliphatic rings. The van der Waals surface area contributed by atoms with E-state index in [1.54, 1.807) is 91.0 Å². The number of ether oxygens (including phenoxy) is 3. The first kappa shape index (κ1) is 24.7. The number of benzene rings is 4. The normalized spacial score (nSPS) is 10.7. The van der Waals surface area contributed by atoms with E-state index in [9.17, 15) is 9.59 Å². The van der Waals surface area contributed by atoms with Crippen LogP contribution >= 0.6 is 15.9 Å². The maximum absolute atomic E-state index is 12.9. The number of para-hydroxylation sites is 2. The third-order valence-electron chi connectivity index (χ3n) is 4.75. The van der Waals surface area contributed by atoms with E-state index in [0.717, 1.165) is 4.47 Å². The minimum atomic E-state index is -1.30. The quantitative estimate of drug-likeness (QED) is 0.0973. The van der Waals surface area contributed by atoms with Crippen LogP contribution in [0.4, 0.5) is 0 Å². The maximum Gasteiger partial charge on any atom is 0.343 e. The summed E-state index contributed by atoms with van der Waals surface area (Å²) in [6, 6.07) is 31.4. The van der Waals surface area contributed by atoms with Gasteiger partial charge in [0.15, 0.2) is 0 Å². The number of hydrazone groups is 1. The number of carbonyl (C=O) groups is 2. The molecule has 0 bridgehead atoms. The average molecular weight is 545 g/mol. The lowest BCUT2D eigenvalue weighted by atomic mass is 10.2. The van der Waals surface area contributed by atoms with Crippen molar-refractivity contribution in [3.8, 4) is 17.2 Å². The molecule has 0 radical (unpaired) electrons. The van der Waals surface area contributed by atoms with Crippen LogP contribution in [0, 0.1) is 0 Å². The van der Waals surface area contributed by atoms with Crippen molar-refractivity contribution in [2.75, 3.05) is 0 Å². The van der Waals surface area contributed by atoms with Crippen LogP contribution in [0.25, 0.3) is 0 Å². The van der Waals surface area contributed by atoms with E-state index in [-0.39, 0.29) is 5.75 Å². The molecule has 1 N–H and O–H groups in total. The molecule has 0 saturated heterocycles. The van der Waals surface area contributed by atoms with Crippen molar-refractivity contribution in [2.24, 2.45) is 5.10 Å². The van der Waals surface area contributed by atoms with Crippen molar-refractivity contribution >= 4 is 34.0 Å². The Bertz CT molecular complexity index is 1290. The summed E-state index contributed by atoms with van der Waals surface area (Å²) in [5.41, 5.74) is 3.31. The van der Waals surface area contributed by atoms with Gasteiger partial charge < -0.3 is 14.2 Å². The summed E-state index contributed by atoms with van der Waals surface area (Å²) in [5, 5.41) is 4.03. The Labute approximate surface area is 216 Å². The van der Waals surface area contributed by atoms with E-state index in [0.29, 0.717) is 22.6 Å². The van der Waals surface area contributed by atoms with Crippen molar-refractivity contribution in [3.05, 3.63) is 125 Å². The molecule has 4 aromatic carbocycles. The van der Waals surface area contributed by atoms with Gasteiger partial charge in [-0.2, -0.15) is 5.10 Å². The summed E-state index contributed by atoms with van der Waals surface area (Å²) < 4.78 is 17.8. The molecule has 0 aromatic heterocycles. The van der Waals surface area contributed by atoms with E-state index >= 15 is 0 Å². The van der Waals surface area contributed by atoms with Crippen LogP contribution in [0.1, 0.15) is 15.9 Å². The fourth-order valence-electron chi connectivity index (χ4n) is 3.04. The highest BCUT2D eigenvalue weighted by atomic mass is 79.9. The number of hydrogen-bond acceptors (Lipinski definition) is 6. The zero-order valence-electron chi connectivity index (χ0n) is 18.9. The van der Waals surface area contributed by atoms with Crippen LogP contribution in [-0.2, 0) is 4.79 Å². The van der Waals surface area contributed by atoms with Gasteiger partial charge in [0.25, 0.3) is 0 Å². The van der Waals surface area contributed by atoms with Crippen molar-refractivity contribution < 1.29 is 23.8 Å². The Balaban J connectivity index is 1.48. The topological polar surface area (TPSA) is 86.2 Å². The standard InChI is InChI=1S/C28H21BrN2O5/c29-22-16-17-25(36-27(33)20-10-4-1-5-11-20)21(18-22)19-30-31-26(32)28(34-23-12-6-2-7-13-23)35-24-14-8-3-9-15-24/h1-19,28H,(H,31,32). The number of halogens is 1. The Hall–Kier alpha value is -4.43. The molecule has 4 aromatic rings. The van der Waals surface area contributed by atoms with Gasteiger partial charge in [0.1, 0.15) is 17.2 Å². The minimum Gasteiger partial charge on any atom is -0.446 e. The van der Waals surface area contributed by atoms with Gasteiger partial charge in [0, 0.05) is 10.0 Å². The second kappa shape index (κ2) is 12.3. The van der Waals surface area contributed by atoms with Crippen LogP contribution < -0.4 is 19.6 Å². The summed E-state index contributed by atoms with van der Waals surface area (Å²) in [5.74, 6) is 0.0583. The fourth-order valence-corrected chi connectivity index (χ4v) is 3.42. The Kier molecular flexibility index (Phi) is 8.45. The minimum absolute atomic E-state index is 0.280. The van der Waals surface area contributed by atoms with Gasteiger partial charge in [0.05, 0.1) is 11.8 Å². The van der Waals surface area contributed by atoms with Crippen LogP contribution in [0.5, 0.6) is 17.2 Å². The number of nitrogens with zero attached hydrogens (tertiary/aromatic N) is 1. The van der Waals surface area contributed by atoms with Gasteiger partial charge in [-0.15, -0.1) is 0 Å². The monoisotopic (exact) mass is 544 g/mol. The lowest BCUT2D eigenvalue weighted by Gasteiger charge is -2.18. The SMILES string of the molecule is O=C(Oc1ccc(Br)cc1C=NNC(=O)C(Oc1ccccc1)Oc1ccccc1)c1ccccc1. The van der Waals surface area contributed by atoms with E-state index in [4.69, 9.17) is 14.2 Å². The first-order chi connectivity index (χ1) is 17.6. The first-order valence-electron chi connectivity index (χ1n) is 10.9. The average Bonchev–Trinajstić information content (AvgIpc) is 2.91. The van der Waals surface area contributed by atoms with Gasteiger partial charge in [-0.05, 0) is 54.6 Å². The van der Waals surface area contributed by atoms with Crippen LogP contribution in [0.2, 0.25) is 0 Å². The summed E-state index contributed by atoms with van der Waals surface area (Å²) >= 11 is 3.40. The molecule has 1 amide bonds. The van der Waals surface area contributed by atoms with Gasteiger partial charge in [-0.1, -0.05) is 70.5 Å². The summed E-state index contributed by atoms with van der Waals surface area (Å²) in [6.45, 7) is 0. The molecule has 36 heavy (non-hydrogen) atoms. The van der Waals surface area contributed by atoms with E-state index in [1.807, 2.05) is 18.2 Å². The maximum atomic E-state index is 12.9. The van der Waals surface area contributed by atoms with E-state index in [1.165, 1.54) is 6.21 Å². The van der Waals surface area contributed by atoms with Crippen molar-refractivity contribution in [3.63, 3.8) is 0 Å². The number of amides is 1. The van der Waals surface area contributed by atoms with Gasteiger partial charge >= 0.3 is 18.2 Å². The van der Waals surface area contributed by atoms with E-state index in [2.05, 4.69) is 26.5 Å². The largest absolute Gasteiger partial charge is 0.446 e. The number of hydrogen-bond donors (Lipinski definition) is 1. The zero-order valence-corrected chi connectivity index (χ0v) is 20.5. The molecule has 0 heterocycles. The number of nitrogens with one attached hydrogen (secondary N) is 1. The van der Waals surface area contributed by atoms with E-state index < -0.39 is 18.2 Å². The Morgan fingerprint density at radius 2 is 1.33 bits per heavy atom. The number of rotatable bonds is 9. The third kappa shape index (κ3) is 7.04. The Morgan fingerprint density at radius 1 is 0.778 bits per heavy atom. The van der Waals surface area contributed by atoms with Gasteiger partial charge in [-0.25, -0.2) is 10.2 Å². The van der Waals surface area contributed by atoms with Crippen LogP contribution in [0.3, 0.4) is 0 Å². The molecule has 0 unspecified atom stereocenters. The molecule has 0 aliphatic heterocycles. The summed E-state index contributed by atoms with van der Waals surface area (Å²) in [6.07, 6.45) is 0.0723. The predicted octanol–water partition coefficient (Wildman–Crippen LogP) is 5.60. The lowest BCUT2D eigenvalue weighted by Crippen LogP contribution is -2.40. The van der Waals surface area contributed by atoms with Crippen molar-refractivity contribution in [1.82, 2.24) is 5.43 Å². The highest BCUT2D eigenvalue weighted by Gasteiger charge is 2.22. The highest BCUT2D eigenvalue weighted by Crippen LogP contribution is 2.23. The zero-order chi connectivity index (χ0) is 25.2. The Morgan fingerprint density at radius 3 is 1.92 bits per heavy atom. The molecule has 7 nitrogen and oxygen atoms in total. The molecule has 0 saturated carbocycles.